The molecule has 0 spiro atoms. The largest absolute Gasteiger partial charge is 0.493 e. The highest BCUT2D eigenvalue weighted by Crippen LogP contribution is 2.45. The molecule has 3 rings (SSSR count). The van der Waals surface area contributed by atoms with Crippen molar-refractivity contribution in [2.45, 2.75) is 124 Å². The summed E-state index contributed by atoms with van der Waals surface area (Å²) >= 11 is 0. The van der Waals surface area contributed by atoms with Crippen LogP contribution in [0.15, 0.2) is 85.0 Å². The number of hydrogen-bond acceptors (Lipinski definition) is 2. The number of benzene rings is 2. The van der Waals surface area contributed by atoms with E-state index in [4.69, 9.17) is 0 Å². The number of carbonyl (C=O) groups is 2. The standard InChI is InChI=1S/C43H56N2O2/c1-7-13-17-19-23-39-38(22-18-14-8-2)42(40-30-32(28-36(46)11-5)24-26-34(40)20-15-9-3)45(44)43(39)41-31-33(29-37(47)12-6)25-27-35(41)21-16-10-4/h9-10,18,22,24-27,30-31H,3-4,7-8,11-17,19-21,23,28-29H2,1-2,5-6H3. The number of rotatable bonds is 22. The first-order chi connectivity index (χ1) is 22.8. The van der Waals surface area contributed by atoms with Crippen molar-refractivity contribution in [2.75, 3.05) is 0 Å². The van der Waals surface area contributed by atoms with Crippen LogP contribution in [0, 0.1) is 0 Å². The number of carbonyl (C=O) groups excluding carboxylic acids is 2. The van der Waals surface area contributed by atoms with Gasteiger partial charge in [-0.25, -0.2) is 4.70 Å². The number of Topliss-reactive ketones (excluding diaryl/α,β-unsaturated/α-hetero) is 2. The Labute approximate surface area is 284 Å². The minimum atomic E-state index is 0.194. The molecular formula is C43H56N2O2. The molecule has 1 aliphatic rings. The SMILES string of the molecule is C=CCCc1ccc(CC(=O)CC)cc1C1=C(C=CCCC)C(CCCCCC)=C(c2cc(CC(=O)CC)ccc2CCC=C)[N+]1=[N-]. The first-order valence-electron chi connectivity index (χ1n) is 18.0. The molecular weight excluding hydrogens is 576 g/mol. The van der Waals surface area contributed by atoms with Crippen LogP contribution in [0.3, 0.4) is 0 Å². The molecule has 250 valence electrons. The summed E-state index contributed by atoms with van der Waals surface area (Å²) in [5.74, 6) is 0.392. The first kappa shape index (κ1) is 37.5. The smallest absolute Gasteiger partial charge is 0.215 e. The van der Waals surface area contributed by atoms with Gasteiger partial charge in [0.05, 0.1) is 11.1 Å². The number of allylic oxidation sites excluding steroid dienone is 6. The summed E-state index contributed by atoms with van der Waals surface area (Å²) in [5.41, 5.74) is 22.3. The zero-order valence-electron chi connectivity index (χ0n) is 29.5. The monoisotopic (exact) mass is 632 g/mol. The average Bonchev–Trinajstić information content (AvgIpc) is 3.35. The Balaban J connectivity index is 2.37. The van der Waals surface area contributed by atoms with Gasteiger partial charge in [0.1, 0.15) is 11.6 Å². The van der Waals surface area contributed by atoms with Gasteiger partial charge in [0.15, 0.2) is 0 Å². The Kier molecular flexibility index (Phi) is 15.7. The van der Waals surface area contributed by atoms with Gasteiger partial charge >= 0.3 is 0 Å². The summed E-state index contributed by atoms with van der Waals surface area (Å²) in [5, 5.41) is 0. The number of aryl methyl sites for hydroxylation is 2. The lowest BCUT2D eigenvalue weighted by atomic mass is 9.89. The summed E-state index contributed by atoms with van der Waals surface area (Å²) in [6, 6.07) is 12.6. The van der Waals surface area contributed by atoms with Crippen LogP contribution in [0.2, 0.25) is 0 Å². The lowest BCUT2D eigenvalue weighted by Crippen LogP contribution is -2.09. The van der Waals surface area contributed by atoms with E-state index in [1.807, 2.05) is 26.0 Å². The van der Waals surface area contributed by atoms with E-state index in [1.165, 1.54) is 11.1 Å². The third-order valence-electron chi connectivity index (χ3n) is 9.00. The van der Waals surface area contributed by atoms with E-state index in [-0.39, 0.29) is 11.6 Å². The fourth-order valence-corrected chi connectivity index (χ4v) is 6.25. The maximum atomic E-state index is 12.6. The van der Waals surface area contributed by atoms with Crippen molar-refractivity contribution in [1.82, 2.24) is 0 Å². The fourth-order valence-electron chi connectivity index (χ4n) is 6.25. The summed E-state index contributed by atoms with van der Waals surface area (Å²) in [7, 11) is 0. The summed E-state index contributed by atoms with van der Waals surface area (Å²) in [6.45, 7) is 16.1. The van der Waals surface area contributed by atoms with Gasteiger partial charge in [0.2, 0.25) is 11.4 Å². The van der Waals surface area contributed by atoms with E-state index < -0.39 is 0 Å². The predicted octanol–water partition coefficient (Wildman–Crippen LogP) is 11.5. The van der Waals surface area contributed by atoms with Crippen LogP contribution in [-0.4, -0.2) is 16.3 Å². The van der Waals surface area contributed by atoms with E-state index in [0.29, 0.717) is 25.7 Å². The summed E-state index contributed by atoms with van der Waals surface area (Å²) in [4.78, 5) is 25.1. The number of hydrogen-bond donors (Lipinski definition) is 0. The van der Waals surface area contributed by atoms with E-state index in [9.17, 15) is 15.1 Å². The van der Waals surface area contributed by atoms with Crippen molar-refractivity contribution in [3.8, 4) is 0 Å². The van der Waals surface area contributed by atoms with Crippen LogP contribution in [-0.2, 0) is 35.3 Å². The minimum Gasteiger partial charge on any atom is -0.493 e. The maximum Gasteiger partial charge on any atom is 0.215 e. The van der Waals surface area contributed by atoms with Crippen molar-refractivity contribution in [3.05, 3.63) is 124 Å². The van der Waals surface area contributed by atoms with Crippen molar-refractivity contribution >= 4 is 23.0 Å². The lowest BCUT2D eigenvalue weighted by molar-refractivity contribution is -0.345. The molecule has 1 heterocycles. The molecule has 2 aromatic rings. The molecule has 0 radical (unpaired) electrons. The molecule has 0 aliphatic carbocycles. The molecule has 0 amide bonds. The van der Waals surface area contributed by atoms with Crippen molar-refractivity contribution in [2.24, 2.45) is 0 Å². The topological polar surface area (TPSA) is 59.5 Å². The maximum absolute atomic E-state index is 12.6. The molecule has 0 atom stereocenters. The third kappa shape index (κ3) is 10.3. The average molecular weight is 633 g/mol. The quantitative estimate of drug-likeness (QED) is 0.0736. The molecule has 47 heavy (non-hydrogen) atoms. The van der Waals surface area contributed by atoms with Crippen LogP contribution in [0.1, 0.15) is 132 Å². The van der Waals surface area contributed by atoms with E-state index in [0.717, 1.165) is 120 Å². The highest BCUT2D eigenvalue weighted by molar-refractivity contribution is 5.87. The molecule has 2 aromatic carbocycles. The van der Waals surface area contributed by atoms with Gasteiger partial charge in [0, 0.05) is 36.8 Å². The van der Waals surface area contributed by atoms with Gasteiger partial charge < -0.3 is 5.53 Å². The highest BCUT2D eigenvalue weighted by atomic mass is 16.1. The second kappa shape index (κ2) is 19.7. The van der Waals surface area contributed by atoms with Gasteiger partial charge in [-0.3, -0.25) is 9.59 Å². The molecule has 0 saturated carbocycles. The number of unbranched alkanes of at least 4 members (excludes halogenated alkanes) is 4. The van der Waals surface area contributed by atoms with Gasteiger partial charge in [-0.05, 0) is 79.3 Å². The fraction of sp³-hybridized carbons (Fsp3) is 0.442. The molecule has 0 unspecified atom stereocenters. The second-order valence-electron chi connectivity index (χ2n) is 12.7. The summed E-state index contributed by atoms with van der Waals surface area (Å²) < 4.78 is 1.43. The van der Waals surface area contributed by atoms with Crippen LogP contribution in [0.25, 0.3) is 16.9 Å². The lowest BCUT2D eigenvalue weighted by Gasteiger charge is -2.16. The first-order valence-corrected chi connectivity index (χ1v) is 18.0. The van der Waals surface area contributed by atoms with Gasteiger partial charge in [-0.2, -0.15) is 0 Å². The van der Waals surface area contributed by atoms with Gasteiger partial charge in [0.25, 0.3) is 0 Å². The van der Waals surface area contributed by atoms with Crippen molar-refractivity contribution in [1.29, 1.82) is 0 Å². The normalized spacial score (nSPS) is 13.2. The van der Waals surface area contributed by atoms with Crippen LogP contribution in [0.5, 0.6) is 0 Å². The Morgan fingerprint density at radius 1 is 0.702 bits per heavy atom. The number of ketones is 2. The molecule has 0 saturated heterocycles. The molecule has 0 N–H and O–H groups in total. The molecule has 4 nitrogen and oxygen atoms in total. The second-order valence-corrected chi connectivity index (χ2v) is 12.7. The van der Waals surface area contributed by atoms with Crippen molar-refractivity contribution in [3.63, 3.8) is 0 Å². The van der Waals surface area contributed by atoms with Crippen LogP contribution in [0.4, 0.5) is 0 Å². The zero-order chi connectivity index (χ0) is 34.2. The Bertz CT molecular complexity index is 1530. The molecule has 0 fully saturated rings. The van der Waals surface area contributed by atoms with Gasteiger partial charge in [-0.1, -0.05) is 102 Å². The molecule has 0 bridgehead atoms. The van der Waals surface area contributed by atoms with Crippen LogP contribution < -0.4 is 0 Å². The van der Waals surface area contributed by atoms with E-state index in [1.54, 1.807) is 0 Å². The zero-order valence-corrected chi connectivity index (χ0v) is 29.5. The Morgan fingerprint density at radius 3 is 1.74 bits per heavy atom. The van der Waals surface area contributed by atoms with E-state index >= 15 is 0 Å². The third-order valence-corrected chi connectivity index (χ3v) is 9.00. The Hall–Kier alpha value is -3.92. The van der Waals surface area contributed by atoms with Crippen molar-refractivity contribution < 1.29 is 14.3 Å². The van der Waals surface area contributed by atoms with Crippen LogP contribution >= 0.6 is 0 Å². The minimum absolute atomic E-state index is 0.194. The van der Waals surface area contributed by atoms with E-state index in [2.05, 4.69) is 75.6 Å². The summed E-state index contributed by atoms with van der Waals surface area (Å²) in [6.07, 6.45) is 20.5. The Morgan fingerprint density at radius 2 is 1.26 bits per heavy atom. The highest BCUT2D eigenvalue weighted by Gasteiger charge is 2.36. The molecule has 1 aliphatic heterocycles. The number of nitrogens with zero attached hydrogens (tertiary/aromatic N) is 2. The predicted molar refractivity (Wildman–Crippen MR) is 198 cm³/mol. The molecule has 0 aromatic heterocycles. The molecule has 4 heteroatoms. The van der Waals surface area contributed by atoms with Gasteiger partial charge in [-0.15, -0.1) is 13.2 Å².